The van der Waals surface area contributed by atoms with Gasteiger partial charge in [-0.3, -0.25) is 4.79 Å². The number of rotatable bonds is 6. The minimum Gasteiger partial charge on any atom is -0.507 e. The van der Waals surface area contributed by atoms with Crippen molar-refractivity contribution in [1.29, 1.82) is 0 Å². The number of hydrogen-bond donors (Lipinski definition) is 1. The Balaban J connectivity index is 1.85. The summed E-state index contributed by atoms with van der Waals surface area (Å²) in [7, 11) is 0. The lowest BCUT2D eigenvalue weighted by molar-refractivity contribution is -0.131. The Labute approximate surface area is 157 Å². The monoisotopic (exact) mass is 363 g/mol. The molecule has 6 heteroatoms. The van der Waals surface area contributed by atoms with Gasteiger partial charge in [-0.2, -0.15) is 5.10 Å². The third-order valence-corrected chi connectivity index (χ3v) is 3.84. The lowest BCUT2D eigenvalue weighted by Gasteiger charge is -2.05. The molecule has 3 aromatic rings. The number of nitrogens with zero attached hydrogens (tertiary/aromatic N) is 3. The molecule has 6 nitrogen and oxygen atoms in total. The van der Waals surface area contributed by atoms with E-state index in [9.17, 15) is 9.90 Å². The van der Waals surface area contributed by atoms with E-state index in [1.165, 1.54) is 6.92 Å². The van der Waals surface area contributed by atoms with Gasteiger partial charge < -0.3 is 9.84 Å². The molecule has 27 heavy (non-hydrogen) atoms. The smallest absolute Gasteiger partial charge is 0.308 e. The molecule has 3 rings (SSSR count). The van der Waals surface area contributed by atoms with E-state index in [0.717, 1.165) is 12.0 Å². The van der Waals surface area contributed by atoms with Crippen molar-refractivity contribution in [3.8, 4) is 22.9 Å². The summed E-state index contributed by atoms with van der Waals surface area (Å²) in [6.07, 6.45) is 4.61. The van der Waals surface area contributed by atoms with Crippen LogP contribution in [0.3, 0.4) is 0 Å². The molecule has 0 amide bonds. The second-order valence-corrected chi connectivity index (χ2v) is 6.03. The normalized spacial score (nSPS) is 11.0. The van der Waals surface area contributed by atoms with E-state index in [-0.39, 0.29) is 11.7 Å². The predicted octanol–water partition coefficient (Wildman–Crippen LogP) is 4.16. The molecular weight excluding hydrogens is 342 g/mol. The van der Waals surface area contributed by atoms with Gasteiger partial charge in [-0.15, -0.1) is 0 Å². The highest BCUT2D eigenvalue weighted by atomic mass is 16.5. The predicted molar refractivity (Wildman–Crippen MR) is 104 cm³/mol. The van der Waals surface area contributed by atoms with E-state index in [0.29, 0.717) is 29.5 Å². The van der Waals surface area contributed by atoms with E-state index >= 15 is 0 Å². The van der Waals surface area contributed by atoms with Crippen molar-refractivity contribution >= 4 is 18.1 Å². The zero-order valence-corrected chi connectivity index (χ0v) is 15.3. The SMILES string of the molecule is CCCn1nc(/C=C/c2ccc(OC(C)=O)cc2)nc1-c1ccccc1O. The number of benzene rings is 2. The van der Waals surface area contributed by atoms with Crippen molar-refractivity contribution < 1.29 is 14.6 Å². The standard InChI is InChI=1S/C21H21N3O3/c1-3-14-24-21(18-6-4-5-7-19(18)26)22-20(23-24)13-10-16-8-11-17(12-9-16)27-15(2)25/h4-13,26H,3,14H2,1-2H3/b13-10+. The summed E-state index contributed by atoms with van der Waals surface area (Å²) in [6, 6.07) is 14.3. The number of carbonyl (C=O) groups excluding carboxylic acids is 1. The van der Waals surface area contributed by atoms with E-state index in [2.05, 4.69) is 17.0 Å². The Morgan fingerprint density at radius 1 is 1.15 bits per heavy atom. The molecule has 0 saturated carbocycles. The summed E-state index contributed by atoms with van der Waals surface area (Å²) < 4.78 is 6.83. The van der Waals surface area contributed by atoms with Crippen LogP contribution in [-0.2, 0) is 11.3 Å². The number of ether oxygens (including phenoxy) is 1. The van der Waals surface area contributed by atoms with Gasteiger partial charge in [0.05, 0.1) is 5.56 Å². The molecule has 1 aromatic heterocycles. The molecule has 0 radical (unpaired) electrons. The Morgan fingerprint density at radius 3 is 2.56 bits per heavy atom. The molecule has 0 aliphatic rings. The van der Waals surface area contributed by atoms with Gasteiger partial charge in [0, 0.05) is 13.5 Å². The van der Waals surface area contributed by atoms with Crippen LogP contribution < -0.4 is 4.74 Å². The highest BCUT2D eigenvalue weighted by Gasteiger charge is 2.13. The first-order valence-electron chi connectivity index (χ1n) is 8.76. The van der Waals surface area contributed by atoms with Gasteiger partial charge in [0.2, 0.25) is 0 Å². The van der Waals surface area contributed by atoms with E-state index in [4.69, 9.17) is 4.74 Å². The van der Waals surface area contributed by atoms with Gasteiger partial charge >= 0.3 is 5.97 Å². The first-order chi connectivity index (χ1) is 13.1. The highest BCUT2D eigenvalue weighted by Crippen LogP contribution is 2.27. The molecule has 0 fully saturated rings. The van der Waals surface area contributed by atoms with Crippen LogP contribution in [0.5, 0.6) is 11.5 Å². The van der Waals surface area contributed by atoms with Crippen LogP contribution in [0.4, 0.5) is 0 Å². The third kappa shape index (κ3) is 4.61. The van der Waals surface area contributed by atoms with E-state index < -0.39 is 0 Å². The summed E-state index contributed by atoms with van der Waals surface area (Å²) in [5.41, 5.74) is 1.59. The number of aromatic nitrogens is 3. The minimum absolute atomic E-state index is 0.179. The number of aromatic hydroxyl groups is 1. The quantitative estimate of drug-likeness (QED) is 0.526. The molecule has 0 aliphatic carbocycles. The first-order valence-corrected chi connectivity index (χ1v) is 8.76. The molecule has 0 spiro atoms. The first kappa shape index (κ1) is 18.4. The number of carbonyl (C=O) groups is 1. The number of phenolic OH excluding ortho intramolecular Hbond substituents is 1. The fraction of sp³-hybridized carbons (Fsp3) is 0.190. The van der Waals surface area contributed by atoms with Crippen LogP contribution in [0.1, 0.15) is 31.7 Å². The van der Waals surface area contributed by atoms with Gasteiger partial charge in [-0.1, -0.05) is 37.3 Å². The maximum absolute atomic E-state index is 11.0. The summed E-state index contributed by atoms with van der Waals surface area (Å²) in [4.78, 5) is 15.5. The van der Waals surface area contributed by atoms with Crippen molar-refractivity contribution in [2.24, 2.45) is 0 Å². The Kier molecular flexibility index (Phi) is 5.66. The lowest BCUT2D eigenvalue weighted by atomic mass is 10.2. The molecule has 0 saturated heterocycles. The van der Waals surface area contributed by atoms with Crippen molar-refractivity contribution in [3.05, 3.63) is 59.9 Å². The van der Waals surface area contributed by atoms with Crippen LogP contribution in [0.15, 0.2) is 48.5 Å². The summed E-state index contributed by atoms with van der Waals surface area (Å²) >= 11 is 0. The number of hydrogen-bond acceptors (Lipinski definition) is 5. The average molecular weight is 363 g/mol. The summed E-state index contributed by atoms with van der Waals surface area (Å²) in [5, 5.41) is 14.7. The molecule has 1 heterocycles. The maximum Gasteiger partial charge on any atom is 0.308 e. The Morgan fingerprint density at radius 2 is 1.89 bits per heavy atom. The average Bonchev–Trinajstić information content (AvgIpc) is 3.04. The van der Waals surface area contributed by atoms with Crippen LogP contribution in [0, 0.1) is 0 Å². The second kappa shape index (κ2) is 8.31. The highest BCUT2D eigenvalue weighted by molar-refractivity contribution is 5.71. The third-order valence-electron chi connectivity index (χ3n) is 3.84. The van der Waals surface area contributed by atoms with E-state index in [1.54, 1.807) is 28.9 Å². The van der Waals surface area contributed by atoms with Crippen molar-refractivity contribution in [3.63, 3.8) is 0 Å². The molecule has 2 aromatic carbocycles. The number of para-hydroxylation sites is 1. The molecule has 1 N–H and O–H groups in total. The lowest BCUT2D eigenvalue weighted by Crippen LogP contribution is -2.02. The Hall–Kier alpha value is -3.41. The van der Waals surface area contributed by atoms with Gasteiger partial charge in [0.15, 0.2) is 11.6 Å². The van der Waals surface area contributed by atoms with Crippen LogP contribution in [0.2, 0.25) is 0 Å². The van der Waals surface area contributed by atoms with Crippen LogP contribution in [0.25, 0.3) is 23.5 Å². The zero-order valence-electron chi connectivity index (χ0n) is 15.3. The topological polar surface area (TPSA) is 77.2 Å². The fourth-order valence-corrected chi connectivity index (χ4v) is 2.64. The zero-order chi connectivity index (χ0) is 19.2. The van der Waals surface area contributed by atoms with Gasteiger partial charge in [0.1, 0.15) is 11.5 Å². The maximum atomic E-state index is 11.0. The van der Waals surface area contributed by atoms with Gasteiger partial charge in [-0.05, 0) is 42.3 Å². The minimum atomic E-state index is -0.347. The summed E-state index contributed by atoms with van der Waals surface area (Å²) in [5.74, 6) is 1.54. The number of esters is 1. The van der Waals surface area contributed by atoms with Gasteiger partial charge in [0.25, 0.3) is 0 Å². The van der Waals surface area contributed by atoms with Crippen LogP contribution >= 0.6 is 0 Å². The summed E-state index contributed by atoms with van der Waals surface area (Å²) in [6.45, 7) is 4.15. The van der Waals surface area contributed by atoms with Gasteiger partial charge in [-0.25, -0.2) is 9.67 Å². The molecule has 0 atom stereocenters. The molecule has 0 bridgehead atoms. The fourth-order valence-electron chi connectivity index (χ4n) is 2.64. The number of phenols is 1. The molecule has 0 unspecified atom stereocenters. The Bertz CT molecular complexity index is 959. The van der Waals surface area contributed by atoms with Crippen LogP contribution in [-0.4, -0.2) is 25.8 Å². The largest absolute Gasteiger partial charge is 0.507 e. The van der Waals surface area contributed by atoms with Crippen molar-refractivity contribution in [2.45, 2.75) is 26.8 Å². The molecule has 138 valence electrons. The molecular formula is C21H21N3O3. The van der Waals surface area contributed by atoms with E-state index in [1.807, 2.05) is 36.4 Å². The van der Waals surface area contributed by atoms with Crippen molar-refractivity contribution in [1.82, 2.24) is 14.8 Å². The van der Waals surface area contributed by atoms with Crippen molar-refractivity contribution in [2.75, 3.05) is 0 Å². The number of aryl methyl sites for hydroxylation is 1. The molecule has 0 aliphatic heterocycles. The second-order valence-electron chi connectivity index (χ2n) is 6.03.